The Labute approximate surface area is 108 Å². The van der Waals surface area contributed by atoms with Gasteiger partial charge in [0.05, 0.1) is 24.0 Å². The Kier molecular flexibility index (Phi) is 4.72. The zero-order valence-corrected chi connectivity index (χ0v) is 11.7. The van der Waals surface area contributed by atoms with Crippen molar-refractivity contribution in [1.29, 1.82) is 0 Å². The van der Waals surface area contributed by atoms with Crippen LogP contribution >= 0.6 is 0 Å². The van der Waals surface area contributed by atoms with E-state index in [1.54, 1.807) is 26.0 Å². The Morgan fingerprint density at radius 1 is 1.61 bits per heavy atom. The van der Waals surface area contributed by atoms with E-state index in [9.17, 15) is 4.79 Å². The molecular weight excluding hydrogens is 232 g/mol. The van der Waals surface area contributed by atoms with Crippen molar-refractivity contribution in [2.75, 3.05) is 26.0 Å². The summed E-state index contributed by atoms with van der Waals surface area (Å²) in [4.78, 5) is 14.2. The van der Waals surface area contributed by atoms with Crippen LogP contribution in [0.3, 0.4) is 0 Å². The Morgan fingerprint density at radius 3 is 2.61 bits per heavy atom. The summed E-state index contributed by atoms with van der Waals surface area (Å²) >= 11 is 0. The first-order valence-electron chi connectivity index (χ1n) is 6.02. The number of ether oxygens (including phenoxy) is 1. The molecule has 0 aliphatic carbocycles. The lowest BCUT2D eigenvalue weighted by Crippen LogP contribution is -2.41. The van der Waals surface area contributed by atoms with Gasteiger partial charge in [-0.3, -0.25) is 9.48 Å². The average Bonchev–Trinajstić information content (AvgIpc) is 2.54. The van der Waals surface area contributed by atoms with Crippen molar-refractivity contribution in [2.24, 2.45) is 7.05 Å². The monoisotopic (exact) mass is 254 g/mol. The van der Waals surface area contributed by atoms with Gasteiger partial charge >= 0.3 is 0 Å². The van der Waals surface area contributed by atoms with Crippen LogP contribution in [0.25, 0.3) is 0 Å². The van der Waals surface area contributed by atoms with E-state index in [4.69, 9.17) is 10.5 Å². The molecule has 0 bridgehead atoms. The van der Waals surface area contributed by atoms with E-state index in [0.29, 0.717) is 30.2 Å². The third-order valence-corrected chi connectivity index (χ3v) is 3.01. The average molecular weight is 254 g/mol. The first kappa shape index (κ1) is 14.5. The van der Waals surface area contributed by atoms with Gasteiger partial charge in [0.2, 0.25) is 0 Å². The molecule has 102 valence electrons. The molecule has 18 heavy (non-hydrogen) atoms. The van der Waals surface area contributed by atoms with Crippen LogP contribution in [0.2, 0.25) is 0 Å². The lowest BCUT2D eigenvalue weighted by molar-refractivity contribution is 0.0570. The van der Waals surface area contributed by atoms with Crippen molar-refractivity contribution < 1.29 is 9.53 Å². The summed E-state index contributed by atoms with van der Waals surface area (Å²) in [6.07, 6.45) is 0. The number of aryl methyl sites for hydroxylation is 2. The molecule has 0 radical (unpaired) electrons. The lowest BCUT2D eigenvalue weighted by atomic mass is 10.2. The molecule has 1 amide bonds. The van der Waals surface area contributed by atoms with Gasteiger partial charge in [0, 0.05) is 20.7 Å². The molecule has 0 saturated carbocycles. The molecule has 0 saturated heterocycles. The minimum atomic E-state index is -0.109. The van der Waals surface area contributed by atoms with E-state index in [0.717, 1.165) is 0 Å². The number of nitrogens with zero attached hydrogens (tertiary/aromatic N) is 3. The molecule has 1 rings (SSSR count). The van der Waals surface area contributed by atoms with E-state index < -0.39 is 0 Å². The van der Waals surface area contributed by atoms with Crippen molar-refractivity contribution in [1.82, 2.24) is 14.7 Å². The zero-order valence-electron chi connectivity index (χ0n) is 11.7. The zero-order chi connectivity index (χ0) is 13.9. The summed E-state index contributed by atoms with van der Waals surface area (Å²) in [7, 11) is 3.35. The highest BCUT2D eigenvalue weighted by Crippen LogP contribution is 2.18. The molecule has 1 atom stereocenters. The smallest absolute Gasteiger partial charge is 0.274 e. The Bertz CT molecular complexity index is 428. The van der Waals surface area contributed by atoms with Crippen molar-refractivity contribution in [3.63, 3.8) is 0 Å². The number of hydrogen-bond acceptors (Lipinski definition) is 4. The summed E-state index contributed by atoms with van der Waals surface area (Å²) in [5.74, 6) is -0.109. The van der Waals surface area contributed by atoms with Crippen LogP contribution < -0.4 is 5.73 Å². The molecule has 0 aromatic carbocycles. The molecular formula is C12H22N4O2. The summed E-state index contributed by atoms with van der Waals surface area (Å²) in [5.41, 5.74) is 7.48. The predicted octanol–water partition coefficient (Wildman–Crippen LogP) is 0.808. The SMILES string of the molecule is CCN(C(=O)c1c(N)c(C)nn1C)C(C)COC. The highest BCUT2D eigenvalue weighted by Gasteiger charge is 2.25. The standard InChI is InChI=1S/C12H22N4O2/c1-6-16(8(2)7-18-5)12(17)11-10(13)9(3)14-15(11)4/h8H,6-7,13H2,1-5H3. The van der Waals surface area contributed by atoms with Crippen LogP contribution in [-0.2, 0) is 11.8 Å². The van der Waals surface area contributed by atoms with Gasteiger partial charge in [0.15, 0.2) is 0 Å². The molecule has 1 unspecified atom stereocenters. The van der Waals surface area contributed by atoms with Gasteiger partial charge in [-0.15, -0.1) is 0 Å². The molecule has 0 aliphatic rings. The van der Waals surface area contributed by atoms with Crippen LogP contribution in [0.4, 0.5) is 5.69 Å². The van der Waals surface area contributed by atoms with Gasteiger partial charge in [-0.2, -0.15) is 5.10 Å². The van der Waals surface area contributed by atoms with Gasteiger partial charge in [0.25, 0.3) is 5.91 Å². The third-order valence-electron chi connectivity index (χ3n) is 3.01. The Morgan fingerprint density at radius 2 is 2.22 bits per heavy atom. The summed E-state index contributed by atoms with van der Waals surface area (Å²) in [5, 5.41) is 4.17. The molecule has 0 spiro atoms. The van der Waals surface area contributed by atoms with E-state index in [-0.39, 0.29) is 11.9 Å². The topological polar surface area (TPSA) is 73.4 Å². The molecule has 1 aromatic heterocycles. The highest BCUT2D eigenvalue weighted by molar-refractivity contribution is 5.98. The predicted molar refractivity (Wildman–Crippen MR) is 70.4 cm³/mol. The maximum absolute atomic E-state index is 12.5. The Hall–Kier alpha value is -1.56. The van der Waals surface area contributed by atoms with Gasteiger partial charge in [-0.25, -0.2) is 0 Å². The van der Waals surface area contributed by atoms with E-state index in [2.05, 4.69) is 5.10 Å². The van der Waals surface area contributed by atoms with Crippen molar-refractivity contribution >= 4 is 11.6 Å². The number of likely N-dealkylation sites (N-methyl/N-ethyl adjacent to an activating group) is 1. The second-order valence-electron chi connectivity index (χ2n) is 4.37. The molecule has 1 heterocycles. The van der Waals surface area contributed by atoms with Gasteiger partial charge in [-0.05, 0) is 20.8 Å². The van der Waals surface area contributed by atoms with E-state index in [1.807, 2.05) is 13.8 Å². The number of anilines is 1. The van der Waals surface area contributed by atoms with Gasteiger partial charge in [0.1, 0.15) is 5.69 Å². The van der Waals surface area contributed by atoms with E-state index in [1.165, 1.54) is 4.68 Å². The normalized spacial score (nSPS) is 12.5. The molecule has 6 nitrogen and oxygen atoms in total. The Balaban J connectivity index is 3.04. The van der Waals surface area contributed by atoms with Crippen LogP contribution in [0.15, 0.2) is 0 Å². The minimum absolute atomic E-state index is 0.00195. The van der Waals surface area contributed by atoms with Crippen LogP contribution in [0, 0.1) is 6.92 Å². The lowest BCUT2D eigenvalue weighted by Gasteiger charge is -2.27. The maximum Gasteiger partial charge on any atom is 0.274 e. The number of methoxy groups -OCH3 is 1. The second-order valence-corrected chi connectivity index (χ2v) is 4.37. The maximum atomic E-state index is 12.5. The fourth-order valence-electron chi connectivity index (χ4n) is 2.05. The largest absolute Gasteiger partial charge is 0.395 e. The number of nitrogens with two attached hydrogens (primary N) is 1. The molecule has 6 heteroatoms. The number of nitrogen functional groups attached to an aromatic ring is 1. The second kappa shape index (κ2) is 5.86. The van der Waals surface area contributed by atoms with Crippen LogP contribution in [-0.4, -0.2) is 46.9 Å². The molecule has 0 fully saturated rings. The number of amides is 1. The third kappa shape index (κ3) is 2.64. The van der Waals surface area contributed by atoms with Gasteiger partial charge in [-0.1, -0.05) is 0 Å². The highest BCUT2D eigenvalue weighted by atomic mass is 16.5. The molecule has 2 N–H and O–H groups in total. The summed E-state index contributed by atoms with van der Waals surface area (Å²) in [6.45, 7) is 6.78. The van der Waals surface area contributed by atoms with Gasteiger partial charge < -0.3 is 15.4 Å². The molecule has 1 aromatic rings. The summed E-state index contributed by atoms with van der Waals surface area (Å²) < 4.78 is 6.63. The quantitative estimate of drug-likeness (QED) is 0.843. The van der Waals surface area contributed by atoms with Crippen molar-refractivity contribution in [3.8, 4) is 0 Å². The summed E-state index contributed by atoms with van der Waals surface area (Å²) in [6, 6.07) is 0.00195. The van der Waals surface area contributed by atoms with Crippen molar-refractivity contribution in [2.45, 2.75) is 26.8 Å². The van der Waals surface area contributed by atoms with Crippen LogP contribution in [0.5, 0.6) is 0 Å². The number of carbonyl (C=O) groups excluding carboxylic acids is 1. The number of rotatable bonds is 5. The van der Waals surface area contributed by atoms with Crippen LogP contribution in [0.1, 0.15) is 30.0 Å². The van der Waals surface area contributed by atoms with Crippen molar-refractivity contribution in [3.05, 3.63) is 11.4 Å². The fraction of sp³-hybridized carbons (Fsp3) is 0.667. The number of carbonyl (C=O) groups is 1. The fourth-order valence-corrected chi connectivity index (χ4v) is 2.05. The number of aromatic nitrogens is 2. The minimum Gasteiger partial charge on any atom is -0.395 e. The number of hydrogen-bond donors (Lipinski definition) is 1. The molecule has 0 aliphatic heterocycles. The van der Waals surface area contributed by atoms with E-state index >= 15 is 0 Å². The first-order valence-corrected chi connectivity index (χ1v) is 6.02. The first-order chi connectivity index (χ1) is 8.43.